The zero-order valence-corrected chi connectivity index (χ0v) is 19.2. The second-order valence-corrected chi connectivity index (χ2v) is 9.70. The molecule has 1 rings (SSSR count). The van der Waals surface area contributed by atoms with Crippen molar-refractivity contribution in [2.24, 2.45) is 11.3 Å². The summed E-state index contributed by atoms with van der Waals surface area (Å²) in [5, 5.41) is 0. The highest BCUT2D eigenvalue weighted by molar-refractivity contribution is 14.1. The Morgan fingerprint density at radius 1 is 1.00 bits per heavy atom. The van der Waals surface area contributed by atoms with Gasteiger partial charge in [0.25, 0.3) is 0 Å². The van der Waals surface area contributed by atoms with E-state index < -0.39 is 0 Å². The standard InChI is InChI=1S/C20H34INO3/c1-12(2)19(5,6)20(7,8)25-18-11-16(22)15(10-17(18)23-9)13(3)24-14(4)21/h10-14H,22H2,1-9H3. The van der Waals surface area contributed by atoms with Crippen LogP contribution in [0.1, 0.15) is 67.1 Å². The van der Waals surface area contributed by atoms with Crippen LogP contribution >= 0.6 is 22.6 Å². The maximum absolute atomic E-state index is 6.40. The largest absolute Gasteiger partial charge is 0.493 e. The summed E-state index contributed by atoms with van der Waals surface area (Å²) in [6.07, 6.45) is -0.116. The zero-order valence-electron chi connectivity index (χ0n) is 17.1. The van der Waals surface area contributed by atoms with Crippen LogP contribution in [0.3, 0.4) is 0 Å². The van der Waals surface area contributed by atoms with Crippen molar-refractivity contribution in [3.05, 3.63) is 17.7 Å². The molecule has 0 aromatic heterocycles. The third kappa shape index (κ3) is 5.16. The van der Waals surface area contributed by atoms with Crippen molar-refractivity contribution in [2.45, 2.75) is 71.2 Å². The molecule has 0 aliphatic heterocycles. The summed E-state index contributed by atoms with van der Waals surface area (Å²) in [4.78, 5) is 0. The minimum absolute atomic E-state index is 0.0293. The molecule has 0 amide bonds. The molecule has 0 aliphatic carbocycles. The summed E-state index contributed by atoms with van der Waals surface area (Å²) in [5.41, 5.74) is 7.44. The first-order valence-electron chi connectivity index (χ1n) is 8.79. The highest BCUT2D eigenvalue weighted by Gasteiger charge is 2.42. The lowest BCUT2D eigenvalue weighted by Crippen LogP contribution is -2.47. The van der Waals surface area contributed by atoms with Crippen molar-refractivity contribution in [2.75, 3.05) is 12.8 Å². The van der Waals surface area contributed by atoms with Gasteiger partial charge < -0.3 is 19.9 Å². The SMILES string of the molecule is COc1cc(C(C)OC(C)I)c(N)cc1OC(C)(C)C(C)(C)C(C)C. The van der Waals surface area contributed by atoms with Gasteiger partial charge in [0.2, 0.25) is 0 Å². The second-order valence-electron chi connectivity index (χ2n) is 7.94. The number of anilines is 1. The lowest BCUT2D eigenvalue weighted by Gasteiger charge is -2.44. The molecular weight excluding hydrogens is 429 g/mol. The fourth-order valence-electron chi connectivity index (χ4n) is 2.64. The van der Waals surface area contributed by atoms with Crippen molar-refractivity contribution < 1.29 is 14.2 Å². The molecule has 2 N–H and O–H groups in total. The highest BCUT2D eigenvalue weighted by Crippen LogP contribution is 2.44. The van der Waals surface area contributed by atoms with Crippen LogP contribution < -0.4 is 15.2 Å². The van der Waals surface area contributed by atoms with Gasteiger partial charge in [-0.3, -0.25) is 0 Å². The third-order valence-electron chi connectivity index (χ3n) is 5.56. The van der Waals surface area contributed by atoms with Crippen LogP contribution in [0.5, 0.6) is 11.5 Å². The lowest BCUT2D eigenvalue weighted by atomic mass is 9.69. The van der Waals surface area contributed by atoms with E-state index in [1.54, 1.807) is 7.11 Å². The van der Waals surface area contributed by atoms with Gasteiger partial charge in [-0.15, -0.1) is 0 Å². The van der Waals surface area contributed by atoms with Crippen LogP contribution in [0.4, 0.5) is 5.69 Å². The third-order valence-corrected chi connectivity index (χ3v) is 5.85. The number of halogens is 1. The van der Waals surface area contributed by atoms with Gasteiger partial charge in [-0.2, -0.15) is 0 Å². The second kappa shape index (κ2) is 8.33. The Kier molecular flexibility index (Phi) is 7.45. The van der Waals surface area contributed by atoms with Gasteiger partial charge in [-0.05, 0) is 39.7 Å². The number of nitrogens with two attached hydrogens (primary N) is 1. The highest BCUT2D eigenvalue weighted by atomic mass is 127. The summed E-state index contributed by atoms with van der Waals surface area (Å²) in [5.74, 6) is 1.80. The van der Waals surface area contributed by atoms with E-state index in [0.717, 1.165) is 5.56 Å². The maximum Gasteiger partial charge on any atom is 0.164 e. The normalized spacial score (nSPS) is 15.2. The molecule has 0 heterocycles. The molecule has 0 saturated carbocycles. The number of alkyl halides is 1. The number of nitrogen functional groups attached to an aromatic ring is 1. The summed E-state index contributed by atoms with van der Waals surface area (Å²) < 4.78 is 17.9. The van der Waals surface area contributed by atoms with E-state index in [1.165, 1.54) is 0 Å². The van der Waals surface area contributed by atoms with Gasteiger partial charge >= 0.3 is 0 Å². The number of hydrogen-bond acceptors (Lipinski definition) is 4. The number of methoxy groups -OCH3 is 1. The minimum Gasteiger partial charge on any atom is -0.493 e. The first kappa shape index (κ1) is 22.4. The average Bonchev–Trinajstić information content (AvgIpc) is 2.45. The van der Waals surface area contributed by atoms with Crippen LogP contribution in [0.15, 0.2) is 12.1 Å². The monoisotopic (exact) mass is 463 g/mol. The van der Waals surface area contributed by atoms with Crippen LogP contribution in [-0.4, -0.2) is 16.8 Å². The Balaban J connectivity index is 3.24. The number of hydrogen-bond donors (Lipinski definition) is 1. The fraction of sp³-hybridized carbons (Fsp3) is 0.700. The van der Waals surface area contributed by atoms with Gasteiger partial charge in [0, 0.05) is 22.7 Å². The average molecular weight is 463 g/mol. The molecule has 0 spiro atoms. The van der Waals surface area contributed by atoms with E-state index in [2.05, 4.69) is 64.1 Å². The Morgan fingerprint density at radius 2 is 1.56 bits per heavy atom. The summed E-state index contributed by atoms with van der Waals surface area (Å²) >= 11 is 2.23. The molecule has 1 aromatic rings. The Bertz CT molecular complexity index is 583. The summed E-state index contributed by atoms with van der Waals surface area (Å²) in [6.45, 7) is 17.1. The van der Waals surface area contributed by atoms with Crippen LogP contribution in [-0.2, 0) is 4.74 Å². The quantitative estimate of drug-likeness (QED) is 0.293. The van der Waals surface area contributed by atoms with Crippen molar-refractivity contribution in [3.63, 3.8) is 0 Å². The molecule has 25 heavy (non-hydrogen) atoms. The van der Waals surface area contributed by atoms with Crippen LogP contribution in [0, 0.1) is 11.3 Å². The molecule has 0 saturated heterocycles. The predicted octanol–water partition coefficient (Wildman–Crippen LogP) is 5.98. The van der Waals surface area contributed by atoms with Crippen molar-refractivity contribution in [1.82, 2.24) is 0 Å². The Labute approximate surface area is 166 Å². The van der Waals surface area contributed by atoms with E-state index in [-0.39, 0.29) is 21.2 Å². The van der Waals surface area contributed by atoms with Gasteiger partial charge in [0.05, 0.1) is 13.2 Å². The van der Waals surface area contributed by atoms with E-state index in [0.29, 0.717) is 23.1 Å². The summed E-state index contributed by atoms with van der Waals surface area (Å²) in [7, 11) is 1.65. The first-order chi connectivity index (χ1) is 11.3. The van der Waals surface area contributed by atoms with E-state index in [9.17, 15) is 0 Å². The first-order valence-corrected chi connectivity index (χ1v) is 10.0. The van der Waals surface area contributed by atoms with Gasteiger partial charge in [-0.25, -0.2) is 0 Å². The van der Waals surface area contributed by atoms with Crippen molar-refractivity contribution >= 4 is 28.3 Å². The molecule has 5 heteroatoms. The van der Waals surface area contributed by atoms with Gasteiger partial charge in [-0.1, -0.05) is 50.3 Å². The number of rotatable bonds is 8. The van der Waals surface area contributed by atoms with Gasteiger partial charge in [0.1, 0.15) is 9.71 Å². The molecule has 0 radical (unpaired) electrons. The fourth-order valence-corrected chi connectivity index (χ4v) is 3.08. The lowest BCUT2D eigenvalue weighted by molar-refractivity contribution is -0.0401. The molecule has 2 unspecified atom stereocenters. The zero-order chi connectivity index (χ0) is 19.6. The predicted molar refractivity (Wildman–Crippen MR) is 114 cm³/mol. The van der Waals surface area contributed by atoms with Crippen molar-refractivity contribution in [3.8, 4) is 11.5 Å². The van der Waals surface area contributed by atoms with Crippen LogP contribution in [0.2, 0.25) is 0 Å². The molecule has 0 bridgehead atoms. The molecule has 4 nitrogen and oxygen atoms in total. The molecular formula is C20H34INO3. The summed E-state index contributed by atoms with van der Waals surface area (Å²) in [6, 6.07) is 3.77. The topological polar surface area (TPSA) is 53.7 Å². The maximum atomic E-state index is 6.40. The molecule has 0 fully saturated rings. The minimum atomic E-state index is -0.388. The van der Waals surface area contributed by atoms with Crippen LogP contribution in [0.25, 0.3) is 0 Å². The van der Waals surface area contributed by atoms with Gasteiger partial charge in [0.15, 0.2) is 11.5 Å². The Hall–Kier alpha value is -0.690. The molecule has 1 aromatic carbocycles. The smallest absolute Gasteiger partial charge is 0.164 e. The molecule has 2 atom stereocenters. The van der Waals surface area contributed by atoms with Crippen molar-refractivity contribution in [1.29, 1.82) is 0 Å². The molecule has 144 valence electrons. The molecule has 0 aliphatic rings. The van der Waals surface area contributed by atoms with E-state index >= 15 is 0 Å². The number of ether oxygens (including phenoxy) is 3. The van der Waals surface area contributed by atoms with E-state index in [1.807, 2.05) is 26.0 Å². The number of benzene rings is 1. The van der Waals surface area contributed by atoms with E-state index in [4.69, 9.17) is 19.9 Å². The Morgan fingerprint density at radius 3 is 2.00 bits per heavy atom.